The molecule has 0 aliphatic carbocycles. The molecule has 0 atom stereocenters. The van der Waals surface area contributed by atoms with E-state index in [0.29, 0.717) is 5.56 Å². The second kappa shape index (κ2) is 8.47. The average Bonchev–Trinajstić information content (AvgIpc) is 2.55. The van der Waals surface area contributed by atoms with Crippen molar-refractivity contribution in [2.24, 2.45) is 4.99 Å². The van der Waals surface area contributed by atoms with Crippen LogP contribution in [-0.4, -0.2) is 5.16 Å². The van der Waals surface area contributed by atoms with E-state index in [2.05, 4.69) is 36.3 Å². The van der Waals surface area contributed by atoms with Crippen LogP contribution in [0.4, 0.5) is 14.5 Å². The molecule has 2 aromatic carbocycles. The second-order valence-corrected chi connectivity index (χ2v) is 5.40. The molecule has 1 nitrogen and oxygen atoms in total. The van der Waals surface area contributed by atoms with Crippen LogP contribution in [0.2, 0.25) is 0 Å². The van der Waals surface area contributed by atoms with Gasteiger partial charge in [-0.3, -0.25) is 0 Å². The minimum atomic E-state index is -0.753. The number of aliphatic imine (C=N–C) groups is 1. The van der Waals surface area contributed by atoms with E-state index in [0.717, 1.165) is 12.0 Å². The first-order chi connectivity index (χ1) is 11.1. The zero-order valence-corrected chi connectivity index (χ0v) is 13.7. The van der Waals surface area contributed by atoms with Crippen molar-refractivity contribution in [3.05, 3.63) is 64.7 Å². The van der Waals surface area contributed by atoms with E-state index < -0.39 is 17.3 Å². The van der Waals surface area contributed by atoms with Gasteiger partial charge in [0, 0.05) is 0 Å². The van der Waals surface area contributed by atoms with Gasteiger partial charge in [-0.25, -0.2) is 8.78 Å². The number of hydrogen-bond donors (Lipinski definition) is 0. The minimum absolute atomic E-state index is 0.405. The van der Waals surface area contributed by atoms with Crippen molar-refractivity contribution in [2.45, 2.75) is 26.2 Å². The predicted octanol–water partition coefficient (Wildman–Crippen LogP) is 6.21. The Morgan fingerprint density at radius 3 is 2.22 bits per heavy atom. The molecular formula is C19H17F2NS. The highest BCUT2D eigenvalue weighted by Gasteiger charge is 2.08. The lowest BCUT2D eigenvalue weighted by Gasteiger charge is -2.02. The van der Waals surface area contributed by atoms with E-state index in [4.69, 9.17) is 0 Å². The summed E-state index contributed by atoms with van der Waals surface area (Å²) in [5, 5.41) is 1.97. The van der Waals surface area contributed by atoms with Gasteiger partial charge in [-0.05, 0) is 53.9 Å². The number of nitrogens with zero attached hydrogens (tertiary/aromatic N) is 1. The van der Waals surface area contributed by atoms with Gasteiger partial charge in [-0.2, -0.15) is 4.99 Å². The maximum atomic E-state index is 13.7. The topological polar surface area (TPSA) is 12.4 Å². The third kappa shape index (κ3) is 4.92. The van der Waals surface area contributed by atoms with Crippen LogP contribution in [0.3, 0.4) is 0 Å². The van der Waals surface area contributed by atoms with Crippen LogP contribution in [0.1, 0.15) is 36.5 Å². The third-order valence-corrected chi connectivity index (χ3v) is 3.55. The van der Waals surface area contributed by atoms with Crippen LogP contribution < -0.4 is 0 Å². The van der Waals surface area contributed by atoms with Gasteiger partial charge in [0.25, 0.3) is 0 Å². The number of aryl methyl sites for hydroxylation is 1. The molecule has 0 saturated heterocycles. The van der Waals surface area contributed by atoms with E-state index in [1.807, 2.05) is 23.4 Å². The highest BCUT2D eigenvalue weighted by molar-refractivity contribution is 7.78. The van der Waals surface area contributed by atoms with Gasteiger partial charge >= 0.3 is 0 Å². The van der Waals surface area contributed by atoms with Gasteiger partial charge < -0.3 is 0 Å². The molecule has 0 aliphatic heterocycles. The Hall–Kier alpha value is -2.16. The summed E-state index contributed by atoms with van der Waals surface area (Å²) in [7, 11) is 0. The first-order valence-electron chi connectivity index (χ1n) is 7.48. The Bertz CT molecular complexity index is 721. The van der Waals surface area contributed by atoms with Crippen LogP contribution in [0, 0.1) is 11.6 Å². The summed E-state index contributed by atoms with van der Waals surface area (Å²) in [4.78, 5) is 3.39. The fourth-order valence-corrected chi connectivity index (χ4v) is 2.29. The lowest BCUT2D eigenvalue weighted by molar-refractivity contribution is 0.587. The van der Waals surface area contributed by atoms with Gasteiger partial charge in [0.15, 0.2) is 11.6 Å². The molecule has 0 saturated carbocycles. The molecule has 23 heavy (non-hydrogen) atoms. The van der Waals surface area contributed by atoms with Crippen LogP contribution in [-0.2, 0) is 6.42 Å². The van der Waals surface area contributed by atoms with Crippen molar-refractivity contribution in [3.8, 4) is 0 Å². The monoisotopic (exact) mass is 329 g/mol. The van der Waals surface area contributed by atoms with Crippen molar-refractivity contribution in [2.75, 3.05) is 0 Å². The number of isothiocyanates is 1. The first-order valence-corrected chi connectivity index (χ1v) is 7.88. The molecule has 0 spiro atoms. The van der Waals surface area contributed by atoms with E-state index in [9.17, 15) is 8.78 Å². The number of thiocarbonyl (C=S) groups is 1. The van der Waals surface area contributed by atoms with Crippen molar-refractivity contribution >= 4 is 35.2 Å². The number of rotatable bonds is 6. The van der Waals surface area contributed by atoms with Gasteiger partial charge in [0.1, 0.15) is 5.69 Å². The fourth-order valence-electron chi connectivity index (χ4n) is 2.20. The standard InChI is InChI=1S/C19H17F2NS/c1-2-3-4-14-5-7-15(8-6-14)9-10-16-11-17(20)19(22-13-23)18(21)12-16/h5-12H,2-4H2,1H3/b10-9+. The molecule has 2 rings (SSSR count). The molecule has 0 bridgehead atoms. The summed E-state index contributed by atoms with van der Waals surface area (Å²) in [5.74, 6) is -1.51. The van der Waals surface area contributed by atoms with E-state index in [1.165, 1.54) is 30.5 Å². The maximum Gasteiger partial charge on any atom is 0.153 e. The smallest absolute Gasteiger partial charge is 0.153 e. The molecule has 0 aromatic heterocycles. The Labute approximate surface area is 140 Å². The normalized spacial score (nSPS) is 10.7. The summed E-state index contributed by atoms with van der Waals surface area (Å²) in [6.07, 6.45) is 6.89. The van der Waals surface area contributed by atoms with Crippen LogP contribution in [0.25, 0.3) is 12.2 Å². The van der Waals surface area contributed by atoms with E-state index in [-0.39, 0.29) is 0 Å². The van der Waals surface area contributed by atoms with Crippen molar-refractivity contribution in [1.29, 1.82) is 0 Å². The Kier molecular flexibility index (Phi) is 6.33. The first kappa shape index (κ1) is 17.2. The Morgan fingerprint density at radius 2 is 1.65 bits per heavy atom. The van der Waals surface area contributed by atoms with Crippen molar-refractivity contribution in [3.63, 3.8) is 0 Å². The Morgan fingerprint density at radius 1 is 1.04 bits per heavy atom. The zero-order chi connectivity index (χ0) is 16.7. The third-order valence-electron chi connectivity index (χ3n) is 3.46. The molecule has 0 heterocycles. The summed E-state index contributed by atoms with van der Waals surface area (Å²) < 4.78 is 27.5. The Balaban J connectivity index is 2.15. The van der Waals surface area contributed by atoms with Crippen LogP contribution >= 0.6 is 12.2 Å². The molecule has 4 heteroatoms. The fraction of sp³-hybridized carbons (Fsp3) is 0.211. The van der Waals surface area contributed by atoms with Gasteiger partial charge in [0.2, 0.25) is 0 Å². The highest BCUT2D eigenvalue weighted by Crippen LogP contribution is 2.24. The average molecular weight is 329 g/mol. The van der Waals surface area contributed by atoms with Crippen LogP contribution in [0.15, 0.2) is 41.4 Å². The lowest BCUT2D eigenvalue weighted by Crippen LogP contribution is -1.86. The van der Waals surface area contributed by atoms with E-state index in [1.54, 1.807) is 6.08 Å². The van der Waals surface area contributed by atoms with E-state index >= 15 is 0 Å². The number of unbranched alkanes of at least 4 members (excludes halogenated alkanes) is 1. The second-order valence-electron chi connectivity index (χ2n) is 5.21. The quantitative estimate of drug-likeness (QED) is 0.348. The number of hydrogen-bond acceptors (Lipinski definition) is 2. The molecule has 118 valence electrons. The SMILES string of the molecule is CCCCc1ccc(/C=C/c2cc(F)c(N=C=S)c(F)c2)cc1. The highest BCUT2D eigenvalue weighted by atomic mass is 32.1. The molecule has 2 aromatic rings. The molecular weight excluding hydrogens is 312 g/mol. The maximum absolute atomic E-state index is 13.7. The largest absolute Gasteiger partial charge is 0.204 e. The molecule has 0 fully saturated rings. The number of halogens is 2. The predicted molar refractivity (Wildman–Crippen MR) is 95.0 cm³/mol. The lowest BCUT2D eigenvalue weighted by atomic mass is 10.1. The van der Waals surface area contributed by atoms with Crippen LogP contribution in [0.5, 0.6) is 0 Å². The summed E-state index contributed by atoms with van der Waals surface area (Å²) >= 11 is 4.37. The molecule has 0 N–H and O–H groups in total. The summed E-state index contributed by atoms with van der Waals surface area (Å²) in [6.45, 7) is 2.17. The van der Waals surface area contributed by atoms with Gasteiger partial charge in [-0.1, -0.05) is 49.8 Å². The molecule has 0 aliphatic rings. The molecule has 0 radical (unpaired) electrons. The number of benzene rings is 2. The zero-order valence-electron chi connectivity index (χ0n) is 12.9. The van der Waals surface area contributed by atoms with Crippen molar-refractivity contribution < 1.29 is 8.78 Å². The summed E-state index contributed by atoms with van der Waals surface area (Å²) in [5.41, 5.74) is 2.30. The van der Waals surface area contributed by atoms with Gasteiger partial charge in [0.05, 0.1) is 5.16 Å². The molecule has 0 unspecified atom stereocenters. The minimum Gasteiger partial charge on any atom is -0.204 e. The molecule has 0 amide bonds. The van der Waals surface area contributed by atoms with Gasteiger partial charge in [-0.15, -0.1) is 0 Å². The van der Waals surface area contributed by atoms with Crippen molar-refractivity contribution in [1.82, 2.24) is 0 Å². The summed E-state index contributed by atoms with van der Waals surface area (Å²) in [6, 6.07) is 10.6.